The third kappa shape index (κ3) is 2.90. The first-order valence-electron chi connectivity index (χ1n) is 6.90. The maximum Gasteiger partial charge on any atom is 0.231 e. The Balaban J connectivity index is 2.00. The maximum atomic E-state index is 5.50. The number of aromatic nitrogens is 2. The van der Waals surface area contributed by atoms with E-state index >= 15 is 0 Å². The molecule has 21 heavy (non-hydrogen) atoms. The Hall–Kier alpha value is -2.34. The van der Waals surface area contributed by atoms with Crippen LogP contribution in [0.1, 0.15) is 19.5 Å². The van der Waals surface area contributed by atoms with Gasteiger partial charge in [0, 0.05) is 17.3 Å². The highest BCUT2D eigenvalue weighted by Crippen LogP contribution is 2.35. The molecule has 1 aromatic carbocycles. The van der Waals surface area contributed by atoms with Gasteiger partial charge in [-0.3, -0.25) is 0 Å². The van der Waals surface area contributed by atoms with Crippen LogP contribution in [0.5, 0.6) is 11.5 Å². The fourth-order valence-electron chi connectivity index (χ4n) is 2.26. The van der Waals surface area contributed by atoms with Gasteiger partial charge in [-0.25, -0.2) is 15.8 Å². The van der Waals surface area contributed by atoms with Crippen molar-refractivity contribution in [1.82, 2.24) is 9.97 Å². The molecule has 0 bridgehead atoms. The van der Waals surface area contributed by atoms with Gasteiger partial charge in [0.2, 0.25) is 6.79 Å². The molecule has 110 valence electrons. The van der Waals surface area contributed by atoms with E-state index in [4.69, 9.17) is 15.3 Å². The summed E-state index contributed by atoms with van der Waals surface area (Å²) in [7, 11) is 0. The van der Waals surface area contributed by atoms with E-state index in [1.54, 1.807) is 0 Å². The van der Waals surface area contributed by atoms with Crippen LogP contribution < -0.4 is 20.7 Å². The van der Waals surface area contributed by atoms with Gasteiger partial charge in [-0.2, -0.15) is 0 Å². The van der Waals surface area contributed by atoms with Gasteiger partial charge in [0.25, 0.3) is 0 Å². The molecule has 1 aliphatic rings. The average Bonchev–Trinajstić information content (AvgIpc) is 2.93. The SMILES string of the molecule is CC(C)Cc1cc(NN)nc(-c2ccc3c(c2)OCO3)n1. The smallest absolute Gasteiger partial charge is 0.231 e. The molecule has 0 atom stereocenters. The molecule has 0 spiro atoms. The molecule has 0 amide bonds. The first kappa shape index (κ1) is 13.6. The lowest BCUT2D eigenvalue weighted by Gasteiger charge is -2.10. The van der Waals surface area contributed by atoms with Gasteiger partial charge in [-0.05, 0) is 30.5 Å². The lowest BCUT2D eigenvalue weighted by atomic mass is 10.1. The number of fused-ring (bicyclic) bond motifs is 1. The number of nitrogen functional groups attached to an aromatic ring is 1. The Morgan fingerprint density at radius 1 is 1.19 bits per heavy atom. The number of ether oxygens (including phenoxy) is 2. The second-order valence-electron chi connectivity index (χ2n) is 5.38. The largest absolute Gasteiger partial charge is 0.454 e. The van der Waals surface area contributed by atoms with Gasteiger partial charge in [-0.1, -0.05) is 13.8 Å². The van der Waals surface area contributed by atoms with Crippen LogP contribution in [0, 0.1) is 5.92 Å². The second-order valence-corrected chi connectivity index (χ2v) is 5.38. The van der Waals surface area contributed by atoms with Crippen molar-refractivity contribution in [2.24, 2.45) is 11.8 Å². The van der Waals surface area contributed by atoms with E-state index in [0.717, 1.165) is 23.4 Å². The van der Waals surface area contributed by atoms with E-state index in [0.29, 0.717) is 23.3 Å². The quantitative estimate of drug-likeness (QED) is 0.663. The zero-order valence-electron chi connectivity index (χ0n) is 12.1. The van der Waals surface area contributed by atoms with Gasteiger partial charge < -0.3 is 14.9 Å². The van der Waals surface area contributed by atoms with E-state index in [1.165, 1.54) is 0 Å². The zero-order chi connectivity index (χ0) is 14.8. The fraction of sp³-hybridized carbons (Fsp3) is 0.333. The number of rotatable bonds is 4. The Kier molecular flexibility index (Phi) is 3.62. The van der Waals surface area contributed by atoms with Crippen LogP contribution in [0.2, 0.25) is 0 Å². The van der Waals surface area contributed by atoms with Crippen LogP contribution in [0.4, 0.5) is 5.82 Å². The molecule has 6 heteroatoms. The van der Waals surface area contributed by atoms with Gasteiger partial charge in [0.1, 0.15) is 5.82 Å². The van der Waals surface area contributed by atoms with Crippen molar-refractivity contribution in [1.29, 1.82) is 0 Å². The molecule has 0 unspecified atom stereocenters. The Morgan fingerprint density at radius 3 is 2.76 bits per heavy atom. The number of benzene rings is 1. The molecule has 2 aromatic rings. The highest BCUT2D eigenvalue weighted by atomic mass is 16.7. The maximum absolute atomic E-state index is 5.50. The van der Waals surface area contributed by atoms with Crippen molar-refractivity contribution in [3.05, 3.63) is 30.0 Å². The summed E-state index contributed by atoms with van der Waals surface area (Å²) in [6, 6.07) is 7.54. The molecule has 0 aliphatic carbocycles. The Labute approximate surface area is 123 Å². The Morgan fingerprint density at radius 2 is 2.00 bits per heavy atom. The van der Waals surface area contributed by atoms with Crippen molar-refractivity contribution in [2.75, 3.05) is 12.2 Å². The normalized spacial score (nSPS) is 12.8. The molecule has 0 radical (unpaired) electrons. The van der Waals surface area contributed by atoms with E-state index < -0.39 is 0 Å². The van der Waals surface area contributed by atoms with Crippen molar-refractivity contribution in [2.45, 2.75) is 20.3 Å². The number of nitrogens with one attached hydrogen (secondary N) is 1. The van der Waals surface area contributed by atoms with Gasteiger partial charge in [0.15, 0.2) is 17.3 Å². The predicted molar refractivity (Wildman–Crippen MR) is 79.9 cm³/mol. The fourth-order valence-corrected chi connectivity index (χ4v) is 2.26. The lowest BCUT2D eigenvalue weighted by Crippen LogP contribution is -2.11. The molecule has 3 rings (SSSR count). The predicted octanol–water partition coefficient (Wildman–Crippen LogP) is 2.36. The number of hydrogen-bond donors (Lipinski definition) is 2. The van der Waals surface area contributed by atoms with Gasteiger partial charge >= 0.3 is 0 Å². The molecule has 0 saturated carbocycles. The van der Waals surface area contributed by atoms with E-state index in [1.807, 2.05) is 24.3 Å². The topological polar surface area (TPSA) is 82.3 Å². The number of nitrogens with zero attached hydrogens (tertiary/aromatic N) is 2. The van der Waals surface area contributed by atoms with Crippen LogP contribution in [0.15, 0.2) is 24.3 Å². The Bertz CT molecular complexity index is 658. The van der Waals surface area contributed by atoms with Crippen molar-refractivity contribution in [3.63, 3.8) is 0 Å². The highest BCUT2D eigenvalue weighted by molar-refractivity contribution is 5.63. The van der Waals surface area contributed by atoms with Crippen LogP contribution in [-0.2, 0) is 6.42 Å². The van der Waals surface area contributed by atoms with Crippen LogP contribution in [0.3, 0.4) is 0 Å². The summed E-state index contributed by atoms with van der Waals surface area (Å²) >= 11 is 0. The third-order valence-corrected chi connectivity index (χ3v) is 3.18. The molecule has 3 N–H and O–H groups in total. The van der Waals surface area contributed by atoms with Crippen LogP contribution >= 0.6 is 0 Å². The highest BCUT2D eigenvalue weighted by Gasteiger charge is 2.15. The molecule has 1 aliphatic heterocycles. The van der Waals surface area contributed by atoms with Gasteiger partial charge in [-0.15, -0.1) is 0 Å². The minimum absolute atomic E-state index is 0.253. The van der Waals surface area contributed by atoms with Crippen molar-refractivity contribution >= 4 is 5.82 Å². The number of hydrazine groups is 1. The number of nitrogens with two attached hydrogens (primary N) is 1. The van der Waals surface area contributed by atoms with E-state index in [2.05, 4.69) is 29.2 Å². The molecule has 6 nitrogen and oxygen atoms in total. The van der Waals surface area contributed by atoms with Crippen molar-refractivity contribution in [3.8, 4) is 22.9 Å². The molecule has 0 fully saturated rings. The summed E-state index contributed by atoms with van der Waals surface area (Å²) in [5.74, 6) is 8.70. The summed E-state index contributed by atoms with van der Waals surface area (Å²) in [6.45, 7) is 4.55. The summed E-state index contributed by atoms with van der Waals surface area (Å²) in [6.07, 6.45) is 0.870. The van der Waals surface area contributed by atoms with Crippen molar-refractivity contribution < 1.29 is 9.47 Å². The van der Waals surface area contributed by atoms with E-state index in [9.17, 15) is 0 Å². The summed E-state index contributed by atoms with van der Waals surface area (Å²) in [5.41, 5.74) is 4.43. The minimum atomic E-state index is 0.253. The average molecular weight is 286 g/mol. The summed E-state index contributed by atoms with van der Waals surface area (Å²) < 4.78 is 10.7. The molecular weight excluding hydrogens is 268 g/mol. The third-order valence-electron chi connectivity index (χ3n) is 3.18. The zero-order valence-corrected chi connectivity index (χ0v) is 12.1. The number of hydrogen-bond acceptors (Lipinski definition) is 6. The molecule has 0 saturated heterocycles. The lowest BCUT2D eigenvalue weighted by molar-refractivity contribution is 0.174. The summed E-state index contributed by atoms with van der Waals surface area (Å²) in [4.78, 5) is 9.03. The standard InChI is InChI=1S/C15H18N4O2/c1-9(2)5-11-7-14(19-16)18-15(17-11)10-3-4-12-13(6-10)21-8-20-12/h3-4,6-7,9H,5,8,16H2,1-2H3,(H,17,18,19). The molecule has 2 heterocycles. The van der Waals surface area contributed by atoms with Crippen LogP contribution in [-0.4, -0.2) is 16.8 Å². The first-order chi connectivity index (χ1) is 10.2. The number of anilines is 1. The second kappa shape index (κ2) is 5.57. The summed E-state index contributed by atoms with van der Waals surface area (Å²) in [5, 5.41) is 0. The first-order valence-corrected chi connectivity index (χ1v) is 6.90. The molecular formula is C15H18N4O2. The van der Waals surface area contributed by atoms with Gasteiger partial charge in [0.05, 0.1) is 0 Å². The van der Waals surface area contributed by atoms with E-state index in [-0.39, 0.29) is 6.79 Å². The minimum Gasteiger partial charge on any atom is -0.454 e. The monoisotopic (exact) mass is 286 g/mol. The molecule has 1 aromatic heterocycles. The van der Waals surface area contributed by atoms with Crippen LogP contribution in [0.25, 0.3) is 11.4 Å².